The van der Waals surface area contributed by atoms with Gasteiger partial charge in [-0.3, -0.25) is 14.4 Å². The number of carbonyl (C=O) groups excluding carboxylic acids is 3. The van der Waals surface area contributed by atoms with E-state index < -0.39 is 23.2 Å². The highest BCUT2D eigenvalue weighted by molar-refractivity contribution is 7.96. The van der Waals surface area contributed by atoms with Crippen LogP contribution in [0.25, 0.3) is 0 Å². The zero-order valence-corrected chi connectivity index (χ0v) is 11.3. The molecule has 6 nitrogen and oxygen atoms in total. The third-order valence-corrected chi connectivity index (χ3v) is 2.68. The molecule has 0 spiro atoms. The van der Waals surface area contributed by atoms with E-state index in [1.165, 1.54) is 18.9 Å². The molecule has 0 radical (unpaired) electrons. The fourth-order valence-corrected chi connectivity index (χ4v) is 1.39. The first-order valence-electron chi connectivity index (χ1n) is 5.24. The number of carbonyl (C=O) groups is 3. The molecule has 0 aromatic heterocycles. The minimum Gasteiger partial charge on any atom is -0.368 e. The second-order valence-corrected chi connectivity index (χ2v) is 4.60. The number of amides is 3. The smallest absolute Gasteiger partial charge is 0.276 e. The molecule has 0 bridgehead atoms. The van der Waals surface area contributed by atoms with Crippen molar-refractivity contribution in [2.75, 3.05) is 7.05 Å². The summed E-state index contributed by atoms with van der Waals surface area (Å²) in [6.45, 7) is 5.10. The number of thiol groups is 1. The molecular weight excluding hydrogens is 242 g/mol. The number of rotatable bonds is 5. The predicted molar refractivity (Wildman–Crippen MR) is 67.6 cm³/mol. The predicted octanol–water partition coefficient (Wildman–Crippen LogP) is -0.0174. The average molecular weight is 261 g/mol. The highest BCUT2D eigenvalue weighted by atomic mass is 32.1. The quantitative estimate of drug-likeness (QED) is 0.607. The monoisotopic (exact) mass is 261 g/mol. The lowest BCUT2D eigenvalue weighted by Crippen LogP contribution is -2.53. The third-order valence-electron chi connectivity index (χ3n) is 2.55. The first kappa shape index (κ1) is 15.8. The lowest BCUT2D eigenvalue weighted by Gasteiger charge is -2.29. The average Bonchev–Trinajstić information content (AvgIpc) is 2.21. The number of primary amides is 1. The molecular formula is C10H19N3O3S. The fraction of sp³-hybridized carbons (Fsp3) is 0.700. The van der Waals surface area contributed by atoms with Crippen LogP contribution in [0.15, 0.2) is 0 Å². The summed E-state index contributed by atoms with van der Waals surface area (Å²) in [6.07, 6.45) is 0. The van der Waals surface area contributed by atoms with Crippen molar-refractivity contribution in [1.29, 1.82) is 0 Å². The maximum Gasteiger partial charge on any atom is 0.276 e. The summed E-state index contributed by atoms with van der Waals surface area (Å²) in [5, 5.41) is 1.85. The first-order valence-corrected chi connectivity index (χ1v) is 5.68. The van der Waals surface area contributed by atoms with Crippen molar-refractivity contribution in [2.45, 2.75) is 32.9 Å². The Balaban J connectivity index is 4.83. The summed E-state index contributed by atoms with van der Waals surface area (Å²) in [4.78, 5) is 35.1. The van der Waals surface area contributed by atoms with Crippen molar-refractivity contribution in [2.24, 2.45) is 11.7 Å². The van der Waals surface area contributed by atoms with Gasteiger partial charge >= 0.3 is 0 Å². The minimum atomic E-state index is -0.722. The summed E-state index contributed by atoms with van der Waals surface area (Å²) in [6, 6.07) is -1.44. The first-order chi connectivity index (χ1) is 7.68. The number of nitrogens with two attached hydrogens (primary N) is 1. The van der Waals surface area contributed by atoms with Crippen LogP contribution in [-0.2, 0) is 9.59 Å². The molecule has 0 rings (SSSR count). The molecule has 0 saturated carbocycles. The van der Waals surface area contributed by atoms with Crippen LogP contribution in [0, 0.1) is 5.92 Å². The minimum absolute atomic E-state index is 0.110. The third kappa shape index (κ3) is 4.64. The van der Waals surface area contributed by atoms with E-state index in [0.717, 1.165) is 0 Å². The maximum absolute atomic E-state index is 12.0. The molecule has 0 fully saturated rings. The Morgan fingerprint density at radius 1 is 1.24 bits per heavy atom. The molecule has 0 aliphatic carbocycles. The molecule has 98 valence electrons. The molecule has 3 N–H and O–H groups in total. The summed E-state index contributed by atoms with van der Waals surface area (Å²) >= 11 is 3.58. The molecule has 0 aliphatic rings. The molecule has 7 heteroatoms. The lowest BCUT2D eigenvalue weighted by atomic mass is 10.0. The molecule has 0 aliphatic heterocycles. The van der Waals surface area contributed by atoms with Gasteiger partial charge in [-0.05, 0) is 12.8 Å². The van der Waals surface area contributed by atoms with Crippen molar-refractivity contribution in [3.8, 4) is 0 Å². The Labute approximate surface area is 106 Å². The summed E-state index contributed by atoms with van der Waals surface area (Å²) in [5.74, 6) is -1.07. The Morgan fingerprint density at radius 2 is 1.71 bits per heavy atom. The Bertz CT molecular complexity index is 320. The maximum atomic E-state index is 12.0. The standard InChI is InChI=1S/C10H19N3O3S/c1-5(2)7(12-10(16)17)9(15)13(4)6(3)8(11)14/h5-7H,1-4H3,(H2,11,14)(H2,12,16,17). The van der Waals surface area contributed by atoms with Crippen LogP contribution < -0.4 is 11.1 Å². The largest absolute Gasteiger partial charge is 0.368 e. The van der Waals surface area contributed by atoms with E-state index in [2.05, 4.69) is 17.9 Å². The molecule has 0 aromatic rings. The van der Waals surface area contributed by atoms with Gasteiger partial charge in [0.15, 0.2) is 0 Å². The van der Waals surface area contributed by atoms with Crippen LogP contribution in [0.3, 0.4) is 0 Å². The van der Waals surface area contributed by atoms with Gasteiger partial charge in [-0.1, -0.05) is 26.5 Å². The van der Waals surface area contributed by atoms with Gasteiger partial charge in [0, 0.05) is 7.05 Å². The number of hydrogen-bond donors (Lipinski definition) is 3. The zero-order chi connectivity index (χ0) is 13.7. The van der Waals surface area contributed by atoms with Gasteiger partial charge in [-0.2, -0.15) is 0 Å². The highest BCUT2D eigenvalue weighted by Crippen LogP contribution is 2.08. The van der Waals surface area contributed by atoms with Crippen molar-refractivity contribution in [3.05, 3.63) is 0 Å². The highest BCUT2D eigenvalue weighted by Gasteiger charge is 2.30. The zero-order valence-electron chi connectivity index (χ0n) is 10.4. The second-order valence-electron chi connectivity index (χ2n) is 4.20. The van der Waals surface area contributed by atoms with Crippen molar-refractivity contribution < 1.29 is 14.4 Å². The number of nitrogens with zero attached hydrogens (tertiary/aromatic N) is 1. The van der Waals surface area contributed by atoms with Crippen LogP contribution in [0.1, 0.15) is 20.8 Å². The van der Waals surface area contributed by atoms with E-state index >= 15 is 0 Å². The van der Waals surface area contributed by atoms with Crippen LogP contribution in [0.2, 0.25) is 0 Å². The van der Waals surface area contributed by atoms with E-state index in [0.29, 0.717) is 0 Å². The second kappa shape index (κ2) is 6.48. The van der Waals surface area contributed by atoms with E-state index in [9.17, 15) is 14.4 Å². The SMILES string of the molecule is CC(C)C(NC(=O)S)C(=O)N(C)C(C)C(N)=O. The van der Waals surface area contributed by atoms with Crippen molar-refractivity contribution in [3.63, 3.8) is 0 Å². The summed E-state index contributed by atoms with van der Waals surface area (Å²) < 4.78 is 0. The number of likely N-dealkylation sites (N-methyl/N-ethyl adjacent to an activating group) is 1. The van der Waals surface area contributed by atoms with Gasteiger partial charge in [-0.15, -0.1) is 0 Å². The molecule has 17 heavy (non-hydrogen) atoms. The molecule has 0 saturated heterocycles. The summed E-state index contributed by atoms with van der Waals surface area (Å²) in [5.41, 5.74) is 5.12. The molecule has 2 atom stereocenters. The number of nitrogens with one attached hydrogen (secondary N) is 1. The topological polar surface area (TPSA) is 92.5 Å². The lowest BCUT2D eigenvalue weighted by molar-refractivity contribution is -0.139. The van der Waals surface area contributed by atoms with Gasteiger partial charge < -0.3 is 16.0 Å². The van der Waals surface area contributed by atoms with Gasteiger partial charge in [-0.25, -0.2) is 0 Å². The molecule has 0 aromatic carbocycles. The van der Waals surface area contributed by atoms with Gasteiger partial charge in [0.2, 0.25) is 11.8 Å². The van der Waals surface area contributed by atoms with Crippen LogP contribution in [0.4, 0.5) is 4.79 Å². The molecule has 3 amide bonds. The number of hydrogen-bond acceptors (Lipinski definition) is 3. The Kier molecular flexibility index (Phi) is 6.01. The Hall–Kier alpha value is -1.24. The van der Waals surface area contributed by atoms with Crippen LogP contribution in [0.5, 0.6) is 0 Å². The van der Waals surface area contributed by atoms with E-state index in [-0.39, 0.29) is 11.8 Å². The van der Waals surface area contributed by atoms with Crippen LogP contribution in [-0.4, -0.2) is 41.1 Å². The van der Waals surface area contributed by atoms with E-state index in [1.807, 2.05) is 0 Å². The van der Waals surface area contributed by atoms with Gasteiger partial charge in [0.25, 0.3) is 5.24 Å². The fourth-order valence-electron chi connectivity index (χ4n) is 1.25. The van der Waals surface area contributed by atoms with Gasteiger partial charge in [0.1, 0.15) is 12.1 Å². The van der Waals surface area contributed by atoms with Crippen molar-refractivity contribution >= 4 is 29.7 Å². The van der Waals surface area contributed by atoms with E-state index in [4.69, 9.17) is 5.73 Å². The van der Waals surface area contributed by atoms with E-state index in [1.54, 1.807) is 13.8 Å². The van der Waals surface area contributed by atoms with Crippen molar-refractivity contribution in [1.82, 2.24) is 10.2 Å². The molecule has 2 unspecified atom stereocenters. The normalized spacial score (nSPS) is 14.0. The Morgan fingerprint density at radius 3 is 2.00 bits per heavy atom. The van der Waals surface area contributed by atoms with Gasteiger partial charge in [0.05, 0.1) is 0 Å². The summed E-state index contributed by atoms with van der Waals surface area (Å²) in [7, 11) is 1.47. The van der Waals surface area contributed by atoms with Crippen LogP contribution >= 0.6 is 12.6 Å². The molecule has 0 heterocycles.